The lowest BCUT2D eigenvalue weighted by atomic mass is 9.90. The molecule has 1 fully saturated rings. The molecule has 0 aliphatic carbocycles. The normalized spacial score (nSPS) is 14.5. The molecule has 1 aromatic heterocycles. The number of aromatic nitrogens is 1. The Hall–Kier alpha value is -2.70. The Morgan fingerprint density at radius 3 is 2.70 bits per heavy atom. The summed E-state index contributed by atoms with van der Waals surface area (Å²) >= 11 is 0. The number of benzene rings is 2. The number of ether oxygens (including phenoxy) is 2. The Morgan fingerprint density at radius 2 is 2.00 bits per heavy atom. The first-order valence-corrected chi connectivity index (χ1v) is 10.1. The minimum atomic E-state index is -0.00675. The fourth-order valence-electron chi connectivity index (χ4n) is 3.79. The topological polar surface area (TPSA) is 75.4 Å². The molecule has 3 aromatic rings. The third-order valence-corrected chi connectivity index (χ3v) is 5.52. The number of H-pyrrole nitrogens is 1. The van der Waals surface area contributed by atoms with Gasteiger partial charge in [0.2, 0.25) is 5.91 Å². The highest BCUT2D eigenvalue weighted by Gasteiger charge is 2.26. The van der Waals surface area contributed by atoms with E-state index in [1.54, 1.807) is 7.11 Å². The number of hydrogen-bond donors (Lipinski definition) is 3. The zero-order chi connectivity index (χ0) is 20.2. The third-order valence-electron chi connectivity index (χ3n) is 5.52. The molecule has 2 heterocycles. The van der Waals surface area contributed by atoms with Crippen molar-refractivity contribution in [3.63, 3.8) is 0 Å². The van der Waals surface area contributed by atoms with Crippen molar-refractivity contribution in [3.05, 3.63) is 59.8 Å². The van der Waals surface area contributed by atoms with Crippen LogP contribution in [0.25, 0.3) is 10.9 Å². The smallest absolute Gasteiger partial charge is 0.225 e. The van der Waals surface area contributed by atoms with Gasteiger partial charge in [0.25, 0.3) is 0 Å². The van der Waals surface area contributed by atoms with Crippen LogP contribution in [0.15, 0.2) is 48.7 Å². The molecule has 30 heavy (non-hydrogen) atoms. The Kier molecular flexibility index (Phi) is 7.24. The molecule has 1 aliphatic rings. The number of nitrogens with one attached hydrogen (secondary N) is 3. The highest BCUT2D eigenvalue weighted by molar-refractivity contribution is 5.85. The van der Waals surface area contributed by atoms with Gasteiger partial charge >= 0.3 is 0 Å². The Balaban J connectivity index is 0.00000256. The minimum Gasteiger partial charge on any atom is -0.493 e. The molecule has 6 nitrogen and oxygen atoms in total. The third kappa shape index (κ3) is 4.40. The molecule has 160 valence electrons. The molecule has 1 amide bonds. The highest BCUT2D eigenvalue weighted by atomic mass is 35.5. The standard InChI is InChI=1S/C23H27N3O3.ClH/c1-3-29-21-9-8-15(10-22(21)28-2)18(13-26-23(27)16-11-24-12-16)19-14-25-20-7-5-4-6-17(19)20;/h4-10,14,16,18,24-25H,3,11-13H2,1-2H3,(H,26,27);1H. The Bertz CT molecular complexity index is 1000. The van der Waals surface area contributed by atoms with E-state index in [4.69, 9.17) is 9.47 Å². The van der Waals surface area contributed by atoms with Crippen molar-refractivity contribution >= 4 is 29.2 Å². The maximum absolute atomic E-state index is 12.5. The molecule has 2 aromatic carbocycles. The van der Waals surface area contributed by atoms with Crippen LogP contribution in [-0.4, -0.2) is 44.2 Å². The monoisotopic (exact) mass is 429 g/mol. The van der Waals surface area contributed by atoms with E-state index >= 15 is 0 Å². The molecule has 0 bridgehead atoms. The van der Waals surface area contributed by atoms with Crippen molar-refractivity contribution in [2.75, 3.05) is 33.4 Å². The number of methoxy groups -OCH3 is 1. The average Bonchev–Trinajstić information content (AvgIpc) is 3.12. The van der Waals surface area contributed by atoms with Gasteiger partial charge in [-0.3, -0.25) is 4.79 Å². The number of fused-ring (bicyclic) bond motifs is 1. The van der Waals surface area contributed by atoms with E-state index in [-0.39, 0.29) is 30.2 Å². The Labute approximate surface area is 182 Å². The zero-order valence-corrected chi connectivity index (χ0v) is 18.1. The average molecular weight is 430 g/mol. The van der Waals surface area contributed by atoms with E-state index < -0.39 is 0 Å². The second-order valence-corrected chi connectivity index (χ2v) is 7.29. The van der Waals surface area contributed by atoms with E-state index in [1.807, 2.05) is 37.4 Å². The number of halogens is 1. The first-order chi connectivity index (χ1) is 14.2. The Morgan fingerprint density at radius 1 is 1.20 bits per heavy atom. The van der Waals surface area contributed by atoms with Crippen LogP contribution in [0.2, 0.25) is 0 Å². The number of aromatic amines is 1. The van der Waals surface area contributed by atoms with Crippen molar-refractivity contribution < 1.29 is 14.3 Å². The van der Waals surface area contributed by atoms with Gasteiger partial charge in [-0.25, -0.2) is 0 Å². The van der Waals surface area contributed by atoms with Gasteiger partial charge in [0.05, 0.1) is 19.6 Å². The fourth-order valence-corrected chi connectivity index (χ4v) is 3.79. The number of carbonyl (C=O) groups excluding carboxylic acids is 1. The van der Waals surface area contributed by atoms with Gasteiger partial charge in [0.15, 0.2) is 11.5 Å². The van der Waals surface area contributed by atoms with Crippen molar-refractivity contribution in [1.82, 2.24) is 15.6 Å². The lowest BCUT2D eigenvalue weighted by molar-refractivity contribution is -0.126. The van der Waals surface area contributed by atoms with Gasteiger partial charge in [0, 0.05) is 42.7 Å². The predicted octanol–water partition coefficient (Wildman–Crippen LogP) is 3.46. The van der Waals surface area contributed by atoms with Gasteiger partial charge < -0.3 is 25.1 Å². The second-order valence-electron chi connectivity index (χ2n) is 7.29. The number of hydrogen-bond acceptors (Lipinski definition) is 4. The van der Waals surface area contributed by atoms with Crippen LogP contribution in [0.4, 0.5) is 0 Å². The molecule has 7 heteroatoms. The summed E-state index contributed by atoms with van der Waals surface area (Å²) in [4.78, 5) is 15.8. The second kappa shape index (κ2) is 9.87. The summed E-state index contributed by atoms with van der Waals surface area (Å²) in [6.45, 7) is 4.55. The zero-order valence-electron chi connectivity index (χ0n) is 17.2. The molecular weight excluding hydrogens is 402 g/mol. The molecule has 3 N–H and O–H groups in total. The van der Waals surface area contributed by atoms with Crippen LogP contribution >= 0.6 is 12.4 Å². The highest BCUT2D eigenvalue weighted by Crippen LogP contribution is 2.35. The SMILES string of the molecule is CCOc1ccc(C(CNC(=O)C2CNC2)c2c[nH]c3ccccc23)cc1OC.Cl. The molecular formula is C23H28ClN3O3. The van der Waals surface area contributed by atoms with Crippen LogP contribution in [0.5, 0.6) is 11.5 Å². The van der Waals surface area contributed by atoms with Crippen LogP contribution in [0.1, 0.15) is 24.0 Å². The van der Waals surface area contributed by atoms with Crippen LogP contribution < -0.4 is 20.1 Å². The largest absolute Gasteiger partial charge is 0.493 e. The summed E-state index contributed by atoms with van der Waals surface area (Å²) in [6, 6.07) is 14.2. The summed E-state index contributed by atoms with van der Waals surface area (Å²) in [6.07, 6.45) is 2.04. The maximum Gasteiger partial charge on any atom is 0.225 e. The maximum atomic E-state index is 12.5. The van der Waals surface area contributed by atoms with E-state index in [0.29, 0.717) is 18.9 Å². The van der Waals surface area contributed by atoms with Crippen LogP contribution in [0.3, 0.4) is 0 Å². The number of para-hydroxylation sites is 1. The molecule has 1 saturated heterocycles. The van der Waals surface area contributed by atoms with Gasteiger partial charge in [0.1, 0.15) is 0 Å². The van der Waals surface area contributed by atoms with Crippen LogP contribution in [0, 0.1) is 5.92 Å². The summed E-state index contributed by atoms with van der Waals surface area (Å²) < 4.78 is 11.2. The van der Waals surface area contributed by atoms with Gasteiger partial charge in [-0.15, -0.1) is 12.4 Å². The van der Waals surface area contributed by atoms with Crippen molar-refractivity contribution in [2.45, 2.75) is 12.8 Å². The summed E-state index contributed by atoms with van der Waals surface area (Å²) in [5.41, 5.74) is 3.31. The van der Waals surface area contributed by atoms with Crippen molar-refractivity contribution in [2.24, 2.45) is 5.92 Å². The van der Waals surface area contributed by atoms with Gasteiger partial charge in [-0.2, -0.15) is 0 Å². The summed E-state index contributed by atoms with van der Waals surface area (Å²) in [7, 11) is 1.65. The van der Waals surface area contributed by atoms with Crippen molar-refractivity contribution in [3.8, 4) is 11.5 Å². The van der Waals surface area contributed by atoms with Crippen molar-refractivity contribution in [1.29, 1.82) is 0 Å². The predicted molar refractivity (Wildman–Crippen MR) is 121 cm³/mol. The molecule has 0 radical (unpaired) electrons. The first-order valence-electron chi connectivity index (χ1n) is 10.1. The molecule has 0 spiro atoms. The fraction of sp³-hybridized carbons (Fsp3) is 0.348. The summed E-state index contributed by atoms with van der Waals surface area (Å²) in [5, 5.41) is 7.46. The number of amides is 1. The lowest BCUT2D eigenvalue weighted by Gasteiger charge is -2.27. The molecule has 0 saturated carbocycles. The minimum absolute atomic E-state index is 0. The molecule has 4 rings (SSSR count). The van der Waals surface area contributed by atoms with Crippen LogP contribution in [-0.2, 0) is 4.79 Å². The molecule has 1 atom stereocenters. The van der Waals surface area contributed by atoms with E-state index in [9.17, 15) is 4.79 Å². The van der Waals surface area contributed by atoms with Gasteiger partial charge in [-0.05, 0) is 36.2 Å². The lowest BCUT2D eigenvalue weighted by Crippen LogP contribution is -2.51. The van der Waals surface area contributed by atoms with E-state index in [1.165, 1.54) is 0 Å². The van der Waals surface area contributed by atoms with Gasteiger partial charge in [-0.1, -0.05) is 24.3 Å². The first kappa shape index (κ1) is 22.0. The molecule has 1 unspecified atom stereocenters. The van der Waals surface area contributed by atoms with E-state index in [2.05, 4.69) is 33.8 Å². The summed E-state index contributed by atoms with van der Waals surface area (Å²) in [5.74, 6) is 1.58. The number of carbonyl (C=O) groups is 1. The number of rotatable bonds is 8. The molecule has 1 aliphatic heterocycles. The van der Waals surface area contributed by atoms with E-state index in [0.717, 1.165) is 40.9 Å². The quantitative estimate of drug-likeness (QED) is 0.512.